The van der Waals surface area contributed by atoms with Crippen LogP contribution in [-0.4, -0.2) is 34.0 Å². The van der Waals surface area contributed by atoms with E-state index in [-0.39, 0.29) is 41.2 Å². The fourth-order valence-corrected chi connectivity index (χ4v) is 3.52. The molecule has 0 fully saturated rings. The Morgan fingerprint density at radius 1 is 1.03 bits per heavy atom. The Kier molecular flexibility index (Phi) is 10.5. The van der Waals surface area contributed by atoms with Crippen LogP contribution in [0.5, 0.6) is 0 Å². The Hall–Kier alpha value is -1.72. The normalized spacial score (nSPS) is 11.7. The first-order valence-corrected chi connectivity index (χ1v) is 10.6. The zero-order valence-electron chi connectivity index (χ0n) is 16.8. The van der Waals surface area contributed by atoms with Crippen molar-refractivity contribution in [2.75, 3.05) is 19.6 Å². The van der Waals surface area contributed by atoms with E-state index in [1.165, 1.54) is 6.07 Å². The van der Waals surface area contributed by atoms with Crippen molar-refractivity contribution in [3.63, 3.8) is 0 Å². The summed E-state index contributed by atoms with van der Waals surface area (Å²) < 4.78 is 40.4. The number of sulfonamides is 1. The van der Waals surface area contributed by atoms with Crippen LogP contribution in [-0.2, 0) is 16.6 Å². The van der Waals surface area contributed by atoms with Gasteiger partial charge in [0.25, 0.3) is 0 Å². The lowest BCUT2D eigenvalue weighted by atomic mass is 10.1. The number of aryl methyl sites for hydroxylation is 2. The molecule has 0 unspecified atom stereocenters. The number of benzene rings is 2. The number of hydrogen-bond donors (Lipinski definition) is 3. The van der Waals surface area contributed by atoms with Crippen molar-refractivity contribution < 1.29 is 12.8 Å². The van der Waals surface area contributed by atoms with Crippen molar-refractivity contribution in [3.05, 3.63) is 65.0 Å². The smallest absolute Gasteiger partial charge is 0.240 e. The SMILES string of the molecule is CCNC(=NCc1ccc(F)c(C)c1)NCCNS(=O)(=O)c1ccc(C)cc1.I. The molecule has 2 aromatic carbocycles. The van der Waals surface area contributed by atoms with E-state index in [1.807, 2.05) is 13.8 Å². The van der Waals surface area contributed by atoms with E-state index in [9.17, 15) is 12.8 Å². The lowest BCUT2D eigenvalue weighted by molar-refractivity contribution is 0.580. The van der Waals surface area contributed by atoms with Gasteiger partial charge in [-0.2, -0.15) is 0 Å². The lowest BCUT2D eigenvalue weighted by Crippen LogP contribution is -2.41. The van der Waals surface area contributed by atoms with Gasteiger partial charge in [-0.15, -0.1) is 24.0 Å². The summed E-state index contributed by atoms with van der Waals surface area (Å²) in [7, 11) is -3.54. The standard InChI is InChI=1S/C20H27FN4O2S.HI/c1-4-22-20(24-14-17-7-10-19(21)16(3)13-17)23-11-12-25-28(26,27)18-8-5-15(2)6-9-18;/h5-10,13,25H,4,11-12,14H2,1-3H3,(H2,22,23,24);1H. The summed E-state index contributed by atoms with van der Waals surface area (Å²) in [5.41, 5.74) is 2.48. The van der Waals surface area contributed by atoms with Crippen LogP contribution in [0.2, 0.25) is 0 Å². The third kappa shape index (κ3) is 8.27. The van der Waals surface area contributed by atoms with Crippen LogP contribution in [0.15, 0.2) is 52.4 Å². The number of hydrogen-bond acceptors (Lipinski definition) is 3. The van der Waals surface area contributed by atoms with Crippen molar-refractivity contribution in [2.24, 2.45) is 4.99 Å². The monoisotopic (exact) mass is 534 g/mol. The Labute approximate surface area is 189 Å². The van der Waals surface area contributed by atoms with E-state index >= 15 is 0 Å². The minimum atomic E-state index is -3.54. The van der Waals surface area contributed by atoms with Gasteiger partial charge in [-0.25, -0.2) is 22.5 Å². The predicted molar refractivity (Wildman–Crippen MR) is 126 cm³/mol. The number of rotatable bonds is 8. The molecule has 160 valence electrons. The fraction of sp³-hybridized carbons (Fsp3) is 0.350. The molecule has 0 bridgehead atoms. The van der Waals surface area contributed by atoms with Crippen molar-refractivity contribution in [1.82, 2.24) is 15.4 Å². The van der Waals surface area contributed by atoms with Gasteiger partial charge in [0.05, 0.1) is 11.4 Å². The Morgan fingerprint density at radius 3 is 2.34 bits per heavy atom. The average molecular weight is 534 g/mol. The lowest BCUT2D eigenvalue weighted by Gasteiger charge is -2.12. The quantitative estimate of drug-likeness (QED) is 0.211. The maximum absolute atomic E-state index is 13.3. The number of guanidine groups is 1. The van der Waals surface area contributed by atoms with Gasteiger partial charge in [-0.1, -0.05) is 29.8 Å². The molecule has 9 heteroatoms. The van der Waals surface area contributed by atoms with Crippen LogP contribution in [0.4, 0.5) is 4.39 Å². The Morgan fingerprint density at radius 2 is 1.72 bits per heavy atom. The zero-order chi connectivity index (χ0) is 20.6. The highest BCUT2D eigenvalue weighted by Crippen LogP contribution is 2.10. The van der Waals surface area contributed by atoms with Crippen LogP contribution in [0.3, 0.4) is 0 Å². The summed E-state index contributed by atoms with van der Waals surface area (Å²) in [6.07, 6.45) is 0. The fourth-order valence-electron chi connectivity index (χ4n) is 2.48. The van der Waals surface area contributed by atoms with Gasteiger partial charge < -0.3 is 10.6 Å². The molecule has 0 aliphatic carbocycles. The molecule has 0 amide bonds. The number of nitrogens with zero attached hydrogens (tertiary/aromatic N) is 1. The minimum absolute atomic E-state index is 0. The first-order chi connectivity index (χ1) is 13.3. The predicted octanol–water partition coefficient (Wildman–Crippen LogP) is 3.09. The van der Waals surface area contributed by atoms with E-state index in [0.717, 1.165) is 11.1 Å². The summed E-state index contributed by atoms with van der Waals surface area (Å²) in [4.78, 5) is 4.69. The first kappa shape index (κ1) is 25.3. The molecule has 0 saturated heterocycles. The number of aliphatic imine (C=N–C) groups is 1. The van der Waals surface area contributed by atoms with Crippen LogP contribution in [0.25, 0.3) is 0 Å². The Balaban J connectivity index is 0.00000420. The molecule has 0 radical (unpaired) electrons. The summed E-state index contributed by atoms with van der Waals surface area (Å²) in [5, 5.41) is 6.19. The summed E-state index contributed by atoms with van der Waals surface area (Å²) >= 11 is 0. The third-order valence-corrected chi connectivity index (χ3v) is 5.50. The van der Waals surface area contributed by atoms with Crippen LogP contribution < -0.4 is 15.4 Å². The molecule has 2 aromatic rings. The topological polar surface area (TPSA) is 82.6 Å². The maximum atomic E-state index is 13.3. The van der Waals surface area contributed by atoms with E-state index in [4.69, 9.17) is 0 Å². The molecule has 2 rings (SSSR count). The van der Waals surface area contributed by atoms with E-state index in [2.05, 4.69) is 20.3 Å². The Bertz CT molecular complexity index is 919. The van der Waals surface area contributed by atoms with Crippen molar-refractivity contribution in [2.45, 2.75) is 32.2 Å². The second kappa shape index (κ2) is 12.1. The summed E-state index contributed by atoms with van der Waals surface area (Å²) in [5.74, 6) is 0.331. The van der Waals surface area contributed by atoms with E-state index in [1.54, 1.807) is 43.3 Å². The highest BCUT2D eigenvalue weighted by Gasteiger charge is 2.12. The molecule has 6 nitrogen and oxygen atoms in total. The second-order valence-corrected chi connectivity index (χ2v) is 8.18. The molecular weight excluding hydrogens is 506 g/mol. The van der Waals surface area contributed by atoms with Gasteiger partial charge in [-0.05, 0) is 50.1 Å². The molecule has 0 aliphatic heterocycles. The third-order valence-electron chi connectivity index (χ3n) is 4.03. The largest absolute Gasteiger partial charge is 0.357 e. The van der Waals surface area contributed by atoms with Gasteiger partial charge in [0, 0.05) is 19.6 Å². The maximum Gasteiger partial charge on any atom is 0.240 e. The second-order valence-electron chi connectivity index (χ2n) is 6.42. The van der Waals surface area contributed by atoms with Gasteiger partial charge in [-0.3, -0.25) is 0 Å². The molecule has 0 aliphatic rings. The molecular formula is C20H28FIN4O2S. The highest BCUT2D eigenvalue weighted by atomic mass is 127. The van der Waals surface area contributed by atoms with Gasteiger partial charge in [0.1, 0.15) is 5.82 Å². The van der Waals surface area contributed by atoms with Gasteiger partial charge in [0.15, 0.2) is 5.96 Å². The van der Waals surface area contributed by atoms with Crippen molar-refractivity contribution >= 4 is 40.0 Å². The highest BCUT2D eigenvalue weighted by molar-refractivity contribution is 14.0. The number of nitrogens with one attached hydrogen (secondary N) is 3. The molecule has 29 heavy (non-hydrogen) atoms. The van der Waals surface area contributed by atoms with Crippen molar-refractivity contribution in [1.29, 1.82) is 0 Å². The molecule has 0 aromatic heterocycles. The zero-order valence-corrected chi connectivity index (χ0v) is 20.0. The van der Waals surface area contributed by atoms with Crippen LogP contribution in [0.1, 0.15) is 23.6 Å². The van der Waals surface area contributed by atoms with E-state index in [0.29, 0.717) is 31.2 Å². The minimum Gasteiger partial charge on any atom is -0.357 e. The van der Waals surface area contributed by atoms with Gasteiger partial charge in [0.2, 0.25) is 10.0 Å². The molecule has 3 N–H and O–H groups in total. The summed E-state index contributed by atoms with van der Waals surface area (Å²) in [6.45, 7) is 7.22. The molecule has 0 heterocycles. The molecule has 0 spiro atoms. The number of halogens is 2. The molecule has 0 saturated carbocycles. The summed E-state index contributed by atoms with van der Waals surface area (Å²) in [6, 6.07) is 11.6. The average Bonchev–Trinajstić information content (AvgIpc) is 2.66. The van der Waals surface area contributed by atoms with Crippen LogP contribution in [0, 0.1) is 19.7 Å². The van der Waals surface area contributed by atoms with Crippen molar-refractivity contribution in [3.8, 4) is 0 Å². The molecule has 0 atom stereocenters. The van der Waals surface area contributed by atoms with E-state index < -0.39 is 10.0 Å². The van der Waals surface area contributed by atoms with Crippen LogP contribution >= 0.6 is 24.0 Å². The van der Waals surface area contributed by atoms with Gasteiger partial charge >= 0.3 is 0 Å². The first-order valence-electron chi connectivity index (χ1n) is 9.15.